The number of carbonyl (C=O) groups excluding carboxylic acids is 1. The number of carbonyl (C=O) groups is 1. The fourth-order valence-corrected chi connectivity index (χ4v) is 3.54. The molecule has 4 aromatic rings. The van der Waals surface area contributed by atoms with Gasteiger partial charge in [-0.3, -0.25) is 9.80 Å². The minimum absolute atomic E-state index is 0.206. The number of nitrogens with zero attached hydrogens (tertiary/aromatic N) is 4. The van der Waals surface area contributed by atoms with Crippen molar-refractivity contribution in [3.63, 3.8) is 0 Å². The Morgan fingerprint density at radius 3 is 2.77 bits per heavy atom. The van der Waals surface area contributed by atoms with Gasteiger partial charge in [-0.15, -0.1) is 0 Å². The fourth-order valence-electron chi connectivity index (χ4n) is 3.54. The molecule has 156 valence electrons. The summed E-state index contributed by atoms with van der Waals surface area (Å²) in [6.45, 7) is 2.69. The number of fused-ring (bicyclic) bond motifs is 1. The first-order valence-corrected chi connectivity index (χ1v) is 9.81. The number of hydrogen-bond acceptors (Lipinski definition) is 8. The van der Waals surface area contributed by atoms with Crippen LogP contribution in [0, 0.1) is 6.92 Å². The second-order valence-corrected chi connectivity index (χ2v) is 7.33. The first kappa shape index (κ1) is 18.9. The molecule has 3 heterocycles. The Balaban J connectivity index is 1.46. The highest BCUT2D eigenvalue weighted by atomic mass is 16.5. The minimum Gasteiger partial charge on any atom is -0.469 e. The van der Waals surface area contributed by atoms with Crippen molar-refractivity contribution in [1.82, 2.24) is 15.1 Å². The van der Waals surface area contributed by atoms with E-state index >= 15 is 0 Å². The van der Waals surface area contributed by atoms with E-state index in [0.717, 1.165) is 10.9 Å². The average molecular weight is 416 g/mol. The standard InChI is InChI=1S/C23H20N4O4/c1-15-20(21(25-31-15)16-7-4-3-5-8-16)22(28)19-11-17-9-6-10-18(23(17)30-19)29-14-27-12-24-26(2)13-27/h3-12H,13-14H2,1-2H3. The molecule has 0 fully saturated rings. The van der Waals surface area contributed by atoms with E-state index in [1.54, 1.807) is 24.3 Å². The molecule has 5 rings (SSSR count). The fraction of sp³-hybridized carbons (Fsp3) is 0.174. The van der Waals surface area contributed by atoms with Crippen molar-refractivity contribution < 1.29 is 18.5 Å². The molecule has 0 aliphatic carbocycles. The van der Waals surface area contributed by atoms with Gasteiger partial charge in [-0.2, -0.15) is 5.10 Å². The van der Waals surface area contributed by atoms with Gasteiger partial charge in [0.2, 0.25) is 5.78 Å². The van der Waals surface area contributed by atoms with E-state index in [1.807, 2.05) is 60.5 Å². The van der Waals surface area contributed by atoms with Gasteiger partial charge in [-0.1, -0.05) is 47.6 Å². The third-order valence-electron chi connectivity index (χ3n) is 5.05. The van der Waals surface area contributed by atoms with Crippen LogP contribution in [0.2, 0.25) is 0 Å². The first-order chi connectivity index (χ1) is 15.1. The molecule has 0 unspecified atom stereocenters. The Bertz CT molecular complexity index is 1280. The molecule has 0 radical (unpaired) electrons. The zero-order valence-corrected chi connectivity index (χ0v) is 17.1. The van der Waals surface area contributed by atoms with Gasteiger partial charge < -0.3 is 18.6 Å². The first-order valence-electron chi connectivity index (χ1n) is 9.81. The number of aryl methyl sites for hydroxylation is 1. The maximum absolute atomic E-state index is 13.3. The Morgan fingerprint density at radius 1 is 1.16 bits per heavy atom. The van der Waals surface area contributed by atoms with Crippen molar-refractivity contribution in [1.29, 1.82) is 0 Å². The summed E-state index contributed by atoms with van der Waals surface area (Å²) in [7, 11) is 1.89. The number of para-hydroxylation sites is 1. The molecule has 0 atom stereocenters. The molecule has 1 aliphatic heterocycles. The van der Waals surface area contributed by atoms with Gasteiger partial charge in [-0.25, -0.2) is 0 Å². The third-order valence-corrected chi connectivity index (χ3v) is 5.05. The summed E-state index contributed by atoms with van der Waals surface area (Å²) in [6, 6.07) is 16.7. The van der Waals surface area contributed by atoms with Crippen LogP contribution in [0.4, 0.5) is 0 Å². The van der Waals surface area contributed by atoms with Crippen LogP contribution in [0.25, 0.3) is 22.2 Å². The van der Waals surface area contributed by atoms with E-state index in [0.29, 0.717) is 41.7 Å². The Morgan fingerprint density at radius 2 is 2.00 bits per heavy atom. The van der Waals surface area contributed by atoms with Crippen molar-refractivity contribution in [3.8, 4) is 17.0 Å². The van der Waals surface area contributed by atoms with E-state index < -0.39 is 0 Å². The summed E-state index contributed by atoms with van der Waals surface area (Å²) in [5, 5.41) is 10.8. The molecule has 2 aromatic carbocycles. The van der Waals surface area contributed by atoms with Crippen LogP contribution in [-0.4, -0.2) is 47.6 Å². The van der Waals surface area contributed by atoms with Crippen LogP contribution in [0.5, 0.6) is 5.75 Å². The Labute approximate surface area is 178 Å². The maximum Gasteiger partial charge on any atom is 0.234 e. The van der Waals surface area contributed by atoms with Crippen LogP contribution in [0.15, 0.2) is 68.6 Å². The van der Waals surface area contributed by atoms with Crippen molar-refractivity contribution in [3.05, 3.63) is 71.7 Å². The normalized spacial score (nSPS) is 13.4. The number of rotatable bonds is 6. The maximum atomic E-state index is 13.3. The van der Waals surface area contributed by atoms with Crippen LogP contribution < -0.4 is 4.74 Å². The molecule has 1 aliphatic rings. The number of hydrogen-bond donors (Lipinski definition) is 0. The molecule has 8 nitrogen and oxygen atoms in total. The minimum atomic E-state index is -0.284. The topological polar surface area (TPSA) is 84.3 Å². The summed E-state index contributed by atoms with van der Waals surface area (Å²) in [5.41, 5.74) is 2.22. The van der Waals surface area contributed by atoms with Crippen LogP contribution >= 0.6 is 0 Å². The number of ether oxygens (including phenoxy) is 1. The lowest BCUT2D eigenvalue weighted by Gasteiger charge is -2.16. The molecular formula is C23H20N4O4. The lowest BCUT2D eigenvalue weighted by Crippen LogP contribution is -2.28. The van der Waals surface area contributed by atoms with Gasteiger partial charge in [0, 0.05) is 18.0 Å². The molecule has 8 heteroatoms. The molecule has 0 amide bonds. The van der Waals surface area contributed by atoms with E-state index in [4.69, 9.17) is 13.7 Å². The quantitative estimate of drug-likeness (QED) is 0.437. The van der Waals surface area contributed by atoms with Crippen molar-refractivity contribution in [2.24, 2.45) is 5.10 Å². The van der Waals surface area contributed by atoms with Crippen molar-refractivity contribution in [2.45, 2.75) is 6.92 Å². The number of hydrazone groups is 1. The Kier molecular flexibility index (Phi) is 4.66. The van der Waals surface area contributed by atoms with Gasteiger partial charge in [0.1, 0.15) is 24.5 Å². The van der Waals surface area contributed by atoms with E-state index in [1.165, 1.54) is 0 Å². The molecule has 0 saturated heterocycles. The zero-order chi connectivity index (χ0) is 21.4. The van der Waals surface area contributed by atoms with Gasteiger partial charge in [0.25, 0.3) is 0 Å². The molecule has 0 spiro atoms. The lowest BCUT2D eigenvalue weighted by atomic mass is 10.0. The SMILES string of the molecule is Cc1onc(-c2ccccc2)c1C(=O)c1cc2cccc(OCN3C=NN(C)C3)c2o1. The second kappa shape index (κ2) is 7.64. The molecular weight excluding hydrogens is 396 g/mol. The highest BCUT2D eigenvalue weighted by Crippen LogP contribution is 2.32. The average Bonchev–Trinajstić information content (AvgIpc) is 3.50. The van der Waals surface area contributed by atoms with Gasteiger partial charge in [-0.05, 0) is 19.1 Å². The monoisotopic (exact) mass is 416 g/mol. The second-order valence-electron chi connectivity index (χ2n) is 7.33. The van der Waals surface area contributed by atoms with E-state index in [2.05, 4.69) is 10.3 Å². The third kappa shape index (κ3) is 3.52. The number of aromatic nitrogens is 1. The summed E-state index contributed by atoms with van der Waals surface area (Å²) in [5.74, 6) is 0.924. The predicted molar refractivity (Wildman–Crippen MR) is 115 cm³/mol. The molecule has 0 saturated carbocycles. The summed E-state index contributed by atoms with van der Waals surface area (Å²) >= 11 is 0. The zero-order valence-electron chi connectivity index (χ0n) is 17.1. The lowest BCUT2D eigenvalue weighted by molar-refractivity contribution is 0.101. The van der Waals surface area contributed by atoms with Crippen molar-refractivity contribution in [2.75, 3.05) is 20.4 Å². The van der Waals surface area contributed by atoms with Gasteiger partial charge in [0.05, 0.1) is 5.56 Å². The van der Waals surface area contributed by atoms with Crippen LogP contribution in [0.1, 0.15) is 21.9 Å². The molecule has 31 heavy (non-hydrogen) atoms. The molecule has 0 bridgehead atoms. The number of furan rings is 1. The Hall–Kier alpha value is -4.07. The van der Waals surface area contributed by atoms with Gasteiger partial charge >= 0.3 is 0 Å². The van der Waals surface area contributed by atoms with E-state index in [-0.39, 0.29) is 11.5 Å². The number of ketones is 1. The van der Waals surface area contributed by atoms with E-state index in [9.17, 15) is 4.79 Å². The van der Waals surface area contributed by atoms with Gasteiger partial charge in [0.15, 0.2) is 23.8 Å². The van der Waals surface area contributed by atoms with Crippen LogP contribution in [0.3, 0.4) is 0 Å². The summed E-state index contributed by atoms with van der Waals surface area (Å²) in [4.78, 5) is 15.3. The smallest absolute Gasteiger partial charge is 0.234 e. The molecule has 0 N–H and O–H groups in total. The highest BCUT2D eigenvalue weighted by molar-refractivity contribution is 6.13. The summed E-state index contributed by atoms with van der Waals surface area (Å²) < 4.78 is 17.2. The van der Waals surface area contributed by atoms with Crippen LogP contribution in [-0.2, 0) is 0 Å². The molecule has 2 aromatic heterocycles. The number of benzene rings is 2. The summed E-state index contributed by atoms with van der Waals surface area (Å²) in [6.07, 6.45) is 1.72. The largest absolute Gasteiger partial charge is 0.469 e. The highest BCUT2D eigenvalue weighted by Gasteiger charge is 2.26. The predicted octanol–water partition coefficient (Wildman–Crippen LogP) is 4.11. The van der Waals surface area contributed by atoms with Crippen molar-refractivity contribution >= 4 is 23.1 Å².